The molecule has 176 valence electrons. The first-order valence-electron chi connectivity index (χ1n) is 10.7. The van der Waals surface area contributed by atoms with Crippen molar-refractivity contribution in [3.05, 3.63) is 56.9 Å². The highest BCUT2D eigenvalue weighted by atomic mass is 35.5. The van der Waals surface area contributed by atoms with Crippen molar-refractivity contribution in [3.63, 3.8) is 0 Å². The molecule has 2 aromatic carbocycles. The van der Waals surface area contributed by atoms with Gasteiger partial charge >= 0.3 is 0 Å². The molecule has 1 aliphatic rings. The van der Waals surface area contributed by atoms with Gasteiger partial charge in [0, 0.05) is 6.54 Å². The van der Waals surface area contributed by atoms with Crippen LogP contribution in [0.4, 0.5) is 0 Å². The molecule has 1 amide bonds. The van der Waals surface area contributed by atoms with E-state index < -0.39 is 0 Å². The normalized spacial score (nSPS) is 15.0. The Morgan fingerprint density at radius 2 is 1.88 bits per heavy atom. The first-order chi connectivity index (χ1) is 15.7. The summed E-state index contributed by atoms with van der Waals surface area (Å²) in [5.41, 5.74) is 3.04. The summed E-state index contributed by atoms with van der Waals surface area (Å²) in [6.45, 7) is 9.43. The van der Waals surface area contributed by atoms with E-state index >= 15 is 0 Å². The van der Waals surface area contributed by atoms with Crippen LogP contribution in [0.15, 0.2) is 35.2 Å². The van der Waals surface area contributed by atoms with Crippen LogP contribution in [0.1, 0.15) is 43.4 Å². The number of carbonyl (C=O) groups excluding carboxylic acids is 1. The summed E-state index contributed by atoms with van der Waals surface area (Å²) in [6.07, 6.45) is 1.77. The van der Waals surface area contributed by atoms with Gasteiger partial charge in [0.2, 0.25) is 0 Å². The molecule has 0 radical (unpaired) electrons. The summed E-state index contributed by atoms with van der Waals surface area (Å²) in [5.74, 6) is 2.05. The predicted octanol–water partition coefficient (Wildman–Crippen LogP) is 6.46. The van der Waals surface area contributed by atoms with E-state index in [4.69, 9.17) is 38.0 Å². The highest BCUT2D eigenvalue weighted by molar-refractivity contribution is 8.26. The van der Waals surface area contributed by atoms with E-state index in [0.29, 0.717) is 51.4 Å². The lowest BCUT2D eigenvalue weighted by atomic mass is 10.0. The Bertz CT molecular complexity index is 1080. The van der Waals surface area contributed by atoms with Crippen molar-refractivity contribution in [1.82, 2.24) is 4.90 Å². The molecule has 0 aromatic heterocycles. The van der Waals surface area contributed by atoms with Gasteiger partial charge in [0.1, 0.15) is 23.3 Å². The lowest BCUT2D eigenvalue weighted by Crippen LogP contribution is -2.27. The Morgan fingerprint density at radius 1 is 1.15 bits per heavy atom. The molecule has 0 aliphatic carbocycles. The van der Waals surface area contributed by atoms with Gasteiger partial charge in [0.15, 0.2) is 11.5 Å². The number of halogens is 1. The smallest absolute Gasteiger partial charge is 0.266 e. The van der Waals surface area contributed by atoms with Crippen molar-refractivity contribution in [3.8, 4) is 17.2 Å². The molecule has 1 aliphatic heterocycles. The predicted molar refractivity (Wildman–Crippen MR) is 140 cm³/mol. The second-order valence-corrected chi connectivity index (χ2v) is 9.94. The van der Waals surface area contributed by atoms with Crippen LogP contribution in [0.2, 0.25) is 5.02 Å². The highest BCUT2D eigenvalue weighted by Crippen LogP contribution is 2.39. The zero-order chi connectivity index (χ0) is 24.1. The minimum atomic E-state index is -0.100. The molecule has 1 saturated heterocycles. The number of aryl methyl sites for hydroxylation is 1. The second-order valence-electron chi connectivity index (χ2n) is 7.85. The van der Waals surface area contributed by atoms with Gasteiger partial charge in [-0.1, -0.05) is 61.6 Å². The monoisotopic (exact) mass is 505 g/mol. The molecule has 5 nitrogen and oxygen atoms in total. The minimum absolute atomic E-state index is 0.100. The molecular weight excluding hydrogens is 478 g/mol. The SMILES string of the molecule is CCN1C(=O)C(=Cc2cc(Cl)c(OCCOc3cc(C)ccc3C(C)C)c(OC)c2)SC1=S. The first-order valence-corrected chi connectivity index (χ1v) is 12.3. The average Bonchev–Trinajstić information content (AvgIpc) is 3.03. The largest absolute Gasteiger partial charge is 0.493 e. The van der Waals surface area contributed by atoms with Crippen molar-refractivity contribution in [2.75, 3.05) is 26.9 Å². The van der Waals surface area contributed by atoms with Crippen molar-refractivity contribution >= 4 is 51.9 Å². The third kappa shape index (κ3) is 6.02. The number of amides is 1. The third-order valence-corrected chi connectivity index (χ3v) is 6.78. The van der Waals surface area contributed by atoms with Crippen LogP contribution < -0.4 is 14.2 Å². The fourth-order valence-electron chi connectivity index (χ4n) is 3.43. The molecule has 2 aromatic rings. The number of ether oxygens (including phenoxy) is 3. The zero-order valence-electron chi connectivity index (χ0n) is 19.4. The fraction of sp³-hybridized carbons (Fsp3) is 0.360. The van der Waals surface area contributed by atoms with E-state index in [9.17, 15) is 4.79 Å². The molecule has 33 heavy (non-hydrogen) atoms. The second kappa shape index (κ2) is 11.3. The van der Waals surface area contributed by atoms with Gasteiger partial charge in [-0.15, -0.1) is 0 Å². The summed E-state index contributed by atoms with van der Waals surface area (Å²) in [7, 11) is 1.55. The molecule has 0 atom stereocenters. The molecule has 0 N–H and O–H groups in total. The number of thioether (sulfide) groups is 1. The van der Waals surface area contributed by atoms with Crippen LogP contribution >= 0.6 is 35.6 Å². The van der Waals surface area contributed by atoms with Gasteiger partial charge in [-0.3, -0.25) is 9.69 Å². The lowest BCUT2D eigenvalue weighted by molar-refractivity contribution is -0.121. The number of methoxy groups -OCH3 is 1. The van der Waals surface area contributed by atoms with Crippen molar-refractivity contribution in [2.45, 2.75) is 33.6 Å². The van der Waals surface area contributed by atoms with Crippen LogP contribution in [0.5, 0.6) is 17.2 Å². The van der Waals surface area contributed by atoms with Gasteiger partial charge < -0.3 is 14.2 Å². The first kappa shape index (κ1) is 25.4. The standard InChI is InChI=1S/C25H28ClNO4S2/c1-6-27-24(28)22(33-25(27)32)14-17-12-19(26)23(21(13-17)29-5)31-10-9-30-20-11-16(4)7-8-18(20)15(2)3/h7-8,11-15H,6,9-10H2,1-5H3. The Hall–Kier alpha value is -2.22. The number of hydrogen-bond acceptors (Lipinski definition) is 6. The number of carbonyl (C=O) groups is 1. The Labute approximate surface area is 210 Å². The van der Waals surface area contributed by atoms with E-state index in [1.807, 2.05) is 19.9 Å². The van der Waals surface area contributed by atoms with Crippen molar-refractivity contribution in [2.24, 2.45) is 0 Å². The van der Waals surface area contributed by atoms with Crippen LogP contribution in [0.3, 0.4) is 0 Å². The Balaban J connectivity index is 1.70. The Morgan fingerprint density at radius 3 is 2.52 bits per heavy atom. The van der Waals surface area contributed by atoms with Crippen molar-refractivity contribution in [1.29, 1.82) is 0 Å². The van der Waals surface area contributed by atoms with Gasteiger partial charge in [-0.05, 0) is 60.7 Å². The summed E-state index contributed by atoms with van der Waals surface area (Å²) >= 11 is 13.1. The number of rotatable bonds is 9. The van der Waals surface area contributed by atoms with Gasteiger partial charge in [0.25, 0.3) is 5.91 Å². The van der Waals surface area contributed by atoms with E-state index in [-0.39, 0.29) is 5.91 Å². The van der Waals surface area contributed by atoms with Crippen LogP contribution in [-0.4, -0.2) is 42.0 Å². The van der Waals surface area contributed by atoms with Crippen LogP contribution in [0, 0.1) is 6.92 Å². The minimum Gasteiger partial charge on any atom is -0.493 e. The van der Waals surface area contributed by atoms with E-state index in [2.05, 4.69) is 26.0 Å². The average molecular weight is 506 g/mol. The molecule has 0 spiro atoms. The molecular formula is C25H28ClNO4S2. The van der Waals surface area contributed by atoms with Gasteiger partial charge in [-0.2, -0.15) is 0 Å². The van der Waals surface area contributed by atoms with E-state index in [1.54, 1.807) is 30.2 Å². The number of benzene rings is 2. The number of nitrogens with zero attached hydrogens (tertiary/aromatic N) is 1. The summed E-state index contributed by atoms with van der Waals surface area (Å²) < 4.78 is 18.0. The molecule has 0 saturated carbocycles. The van der Waals surface area contributed by atoms with Crippen LogP contribution in [0.25, 0.3) is 6.08 Å². The summed E-state index contributed by atoms with van der Waals surface area (Å²) in [4.78, 5) is 14.6. The van der Waals surface area contributed by atoms with Gasteiger partial charge in [0.05, 0.1) is 17.0 Å². The lowest BCUT2D eigenvalue weighted by Gasteiger charge is -2.16. The van der Waals surface area contributed by atoms with Crippen LogP contribution in [-0.2, 0) is 4.79 Å². The molecule has 0 unspecified atom stereocenters. The summed E-state index contributed by atoms with van der Waals surface area (Å²) in [5, 5.41) is 0.394. The maximum absolute atomic E-state index is 12.5. The highest BCUT2D eigenvalue weighted by Gasteiger charge is 2.30. The topological polar surface area (TPSA) is 48.0 Å². The molecule has 1 fully saturated rings. The Kier molecular flexibility index (Phi) is 8.68. The van der Waals surface area contributed by atoms with Gasteiger partial charge in [-0.25, -0.2) is 0 Å². The zero-order valence-corrected chi connectivity index (χ0v) is 21.8. The molecule has 3 rings (SSSR count). The third-order valence-electron chi connectivity index (χ3n) is 5.12. The molecule has 8 heteroatoms. The number of likely N-dealkylation sites (N-methyl/N-ethyl adjacent to an activating group) is 1. The number of thiocarbonyl (C=S) groups is 1. The summed E-state index contributed by atoms with van der Waals surface area (Å²) in [6, 6.07) is 9.77. The van der Waals surface area contributed by atoms with E-state index in [0.717, 1.165) is 22.4 Å². The molecule has 0 bridgehead atoms. The molecule has 1 heterocycles. The fourth-order valence-corrected chi connectivity index (χ4v) is 5.08. The van der Waals surface area contributed by atoms with E-state index in [1.165, 1.54) is 11.8 Å². The van der Waals surface area contributed by atoms with Crippen molar-refractivity contribution < 1.29 is 19.0 Å². The maximum Gasteiger partial charge on any atom is 0.266 e. The maximum atomic E-state index is 12.5. The quantitative estimate of drug-likeness (QED) is 0.221. The number of hydrogen-bond donors (Lipinski definition) is 0.